The van der Waals surface area contributed by atoms with Crippen molar-refractivity contribution >= 4 is 15.9 Å². The molecule has 1 saturated heterocycles. The average molecular weight is 340 g/mol. The number of hydrogen-bond donors (Lipinski definition) is 1. The van der Waals surface area contributed by atoms with E-state index in [2.05, 4.69) is 71.0 Å². The maximum Gasteiger partial charge on any atom is 0.0500 e. The number of nitrogens with two attached hydrogens (primary N) is 1. The molecule has 0 amide bonds. The van der Waals surface area contributed by atoms with Crippen LogP contribution < -0.4 is 5.73 Å². The van der Waals surface area contributed by atoms with Crippen LogP contribution in [-0.2, 0) is 0 Å². The van der Waals surface area contributed by atoms with E-state index in [1.165, 1.54) is 18.4 Å². The van der Waals surface area contributed by atoms with E-state index >= 15 is 0 Å². The summed E-state index contributed by atoms with van der Waals surface area (Å²) in [7, 11) is 4.30. The molecule has 3 unspecified atom stereocenters. The molecule has 0 bridgehead atoms. The molecule has 4 heteroatoms. The summed E-state index contributed by atoms with van der Waals surface area (Å²) >= 11 is 3.58. The number of nitrogens with zero attached hydrogens (tertiary/aromatic N) is 2. The maximum atomic E-state index is 6.32. The lowest BCUT2D eigenvalue weighted by Gasteiger charge is -2.37. The number of rotatable bonds is 5. The number of halogens is 1. The molecule has 112 valence electrons. The first kappa shape index (κ1) is 16.0. The van der Waals surface area contributed by atoms with Crippen molar-refractivity contribution in [2.75, 3.05) is 27.2 Å². The smallest absolute Gasteiger partial charge is 0.0500 e. The van der Waals surface area contributed by atoms with Gasteiger partial charge in [0.25, 0.3) is 0 Å². The SMILES string of the molecule is CC(N)C(c1cccc(Br)c1)N1CCCC1CN(C)C. The standard InChI is InChI=1S/C16H26BrN3/c1-12(18)16(13-6-4-7-14(17)10-13)20-9-5-8-15(20)11-19(2)3/h4,6-7,10,12,15-16H,5,8-9,11,18H2,1-3H3. The lowest BCUT2D eigenvalue weighted by atomic mass is 9.98. The number of hydrogen-bond acceptors (Lipinski definition) is 3. The van der Waals surface area contributed by atoms with Gasteiger partial charge in [-0.05, 0) is 58.1 Å². The number of likely N-dealkylation sites (N-methyl/N-ethyl adjacent to an activating group) is 1. The van der Waals surface area contributed by atoms with Gasteiger partial charge in [0.15, 0.2) is 0 Å². The predicted octanol–water partition coefficient (Wildman–Crippen LogP) is 2.86. The topological polar surface area (TPSA) is 32.5 Å². The first-order valence-corrected chi connectivity index (χ1v) is 8.20. The highest BCUT2D eigenvalue weighted by Gasteiger charge is 2.33. The van der Waals surface area contributed by atoms with Crippen LogP contribution in [0.2, 0.25) is 0 Å². The lowest BCUT2D eigenvalue weighted by molar-refractivity contribution is 0.137. The molecule has 0 spiro atoms. The molecular formula is C16H26BrN3. The van der Waals surface area contributed by atoms with Crippen molar-refractivity contribution < 1.29 is 0 Å². The Morgan fingerprint density at radius 3 is 2.80 bits per heavy atom. The summed E-state index contributed by atoms with van der Waals surface area (Å²) in [6, 6.07) is 9.63. The van der Waals surface area contributed by atoms with Crippen LogP contribution in [0.1, 0.15) is 31.4 Å². The maximum absolute atomic E-state index is 6.32. The van der Waals surface area contributed by atoms with Crippen LogP contribution in [0, 0.1) is 0 Å². The van der Waals surface area contributed by atoms with Crippen molar-refractivity contribution in [1.29, 1.82) is 0 Å². The van der Waals surface area contributed by atoms with E-state index in [0.717, 1.165) is 17.6 Å². The van der Waals surface area contributed by atoms with Gasteiger partial charge in [0.05, 0.1) is 0 Å². The zero-order valence-corrected chi connectivity index (χ0v) is 14.3. The van der Waals surface area contributed by atoms with Crippen molar-refractivity contribution in [2.45, 2.75) is 37.9 Å². The van der Waals surface area contributed by atoms with Crippen LogP contribution >= 0.6 is 15.9 Å². The van der Waals surface area contributed by atoms with Crippen LogP contribution in [0.25, 0.3) is 0 Å². The third-order valence-electron chi connectivity index (χ3n) is 4.04. The third kappa shape index (κ3) is 3.82. The Hall–Kier alpha value is -0.420. The Kier molecular flexibility index (Phi) is 5.61. The van der Waals surface area contributed by atoms with Crippen LogP contribution in [0.4, 0.5) is 0 Å². The molecule has 0 aromatic heterocycles. The van der Waals surface area contributed by atoms with Gasteiger partial charge in [0.1, 0.15) is 0 Å². The van der Waals surface area contributed by atoms with Gasteiger partial charge in [-0.2, -0.15) is 0 Å². The second-order valence-corrected chi connectivity index (χ2v) is 7.07. The fraction of sp³-hybridized carbons (Fsp3) is 0.625. The van der Waals surface area contributed by atoms with Gasteiger partial charge in [-0.3, -0.25) is 4.90 Å². The fourth-order valence-corrected chi connectivity index (χ4v) is 3.75. The van der Waals surface area contributed by atoms with Gasteiger partial charge in [-0.1, -0.05) is 28.1 Å². The molecule has 1 aliphatic rings. The molecule has 20 heavy (non-hydrogen) atoms. The first-order valence-electron chi connectivity index (χ1n) is 7.40. The van der Waals surface area contributed by atoms with E-state index in [4.69, 9.17) is 5.73 Å². The van der Waals surface area contributed by atoms with Gasteiger partial charge in [0.2, 0.25) is 0 Å². The van der Waals surface area contributed by atoms with Crippen molar-refractivity contribution in [3.05, 3.63) is 34.3 Å². The van der Waals surface area contributed by atoms with Crippen LogP contribution in [0.15, 0.2) is 28.7 Å². The lowest BCUT2D eigenvalue weighted by Crippen LogP contribution is -2.45. The van der Waals surface area contributed by atoms with Crippen molar-refractivity contribution in [3.8, 4) is 0 Å². The molecule has 2 N–H and O–H groups in total. The zero-order chi connectivity index (χ0) is 14.7. The predicted molar refractivity (Wildman–Crippen MR) is 88.8 cm³/mol. The normalized spacial score (nSPS) is 23.2. The summed E-state index contributed by atoms with van der Waals surface area (Å²) in [4.78, 5) is 4.88. The Bertz CT molecular complexity index is 433. The summed E-state index contributed by atoms with van der Waals surface area (Å²) in [5.41, 5.74) is 7.64. The second kappa shape index (κ2) is 7.03. The van der Waals surface area contributed by atoms with Gasteiger partial charge >= 0.3 is 0 Å². The summed E-state index contributed by atoms with van der Waals surface area (Å²) in [6.07, 6.45) is 2.55. The van der Waals surface area contributed by atoms with Crippen LogP contribution in [-0.4, -0.2) is 49.1 Å². The summed E-state index contributed by atoms with van der Waals surface area (Å²) in [5, 5.41) is 0. The Balaban J connectivity index is 2.24. The Labute approximate surface area is 131 Å². The first-order chi connectivity index (χ1) is 9.49. The molecule has 0 radical (unpaired) electrons. The van der Waals surface area contributed by atoms with Crippen molar-refractivity contribution in [3.63, 3.8) is 0 Å². The van der Waals surface area contributed by atoms with Gasteiger partial charge in [-0.25, -0.2) is 0 Å². The average Bonchev–Trinajstić information content (AvgIpc) is 2.76. The van der Waals surface area contributed by atoms with Crippen LogP contribution in [0.5, 0.6) is 0 Å². The largest absolute Gasteiger partial charge is 0.326 e. The summed E-state index contributed by atoms with van der Waals surface area (Å²) in [6.45, 7) is 4.38. The molecule has 1 aromatic rings. The second-order valence-electron chi connectivity index (χ2n) is 6.16. The molecule has 1 fully saturated rings. The summed E-state index contributed by atoms with van der Waals surface area (Å²) < 4.78 is 1.13. The monoisotopic (exact) mass is 339 g/mol. The molecule has 3 nitrogen and oxygen atoms in total. The molecule has 1 heterocycles. The van der Waals surface area contributed by atoms with Crippen LogP contribution in [0.3, 0.4) is 0 Å². The van der Waals surface area contributed by atoms with Crippen molar-refractivity contribution in [2.24, 2.45) is 5.73 Å². The van der Waals surface area contributed by atoms with E-state index in [0.29, 0.717) is 12.1 Å². The molecule has 0 aliphatic carbocycles. The van der Waals surface area contributed by atoms with E-state index in [1.807, 2.05) is 0 Å². The zero-order valence-electron chi connectivity index (χ0n) is 12.7. The number of likely N-dealkylation sites (tertiary alicyclic amines) is 1. The fourth-order valence-electron chi connectivity index (χ4n) is 3.33. The van der Waals surface area contributed by atoms with Gasteiger partial charge < -0.3 is 10.6 Å². The Morgan fingerprint density at radius 1 is 1.45 bits per heavy atom. The van der Waals surface area contributed by atoms with Gasteiger partial charge in [-0.15, -0.1) is 0 Å². The quantitative estimate of drug-likeness (QED) is 0.895. The number of benzene rings is 1. The molecule has 2 rings (SSSR count). The minimum atomic E-state index is 0.132. The highest BCUT2D eigenvalue weighted by molar-refractivity contribution is 9.10. The third-order valence-corrected chi connectivity index (χ3v) is 4.54. The highest BCUT2D eigenvalue weighted by Crippen LogP contribution is 2.32. The Morgan fingerprint density at radius 2 is 2.20 bits per heavy atom. The molecular weight excluding hydrogens is 314 g/mol. The van der Waals surface area contributed by atoms with E-state index in [9.17, 15) is 0 Å². The molecule has 0 saturated carbocycles. The van der Waals surface area contributed by atoms with Gasteiger partial charge in [0, 0.05) is 29.1 Å². The van der Waals surface area contributed by atoms with E-state index < -0.39 is 0 Å². The minimum Gasteiger partial charge on any atom is -0.326 e. The minimum absolute atomic E-state index is 0.132. The van der Waals surface area contributed by atoms with E-state index in [-0.39, 0.29) is 6.04 Å². The van der Waals surface area contributed by atoms with E-state index in [1.54, 1.807) is 0 Å². The molecule has 3 atom stereocenters. The molecule has 1 aromatic carbocycles. The summed E-state index contributed by atoms with van der Waals surface area (Å²) in [5.74, 6) is 0. The van der Waals surface area contributed by atoms with Crippen molar-refractivity contribution in [1.82, 2.24) is 9.80 Å². The molecule has 1 aliphatic heterocycles. The highest BCUT2D eigenvalue weighted by atomic mass is 79.9.